The molecule has 0 saturated carbocycles. The molecule has 0 heterocycles. The highest BCUT2D eigenvalue weighted by atomic mass is 16.6. The topological polar surface area (TPSA) is 176 Å². The first-order valence-corrected chi connectivity index (χ1v) is 19.5. The molecule has 13 heteroatoms. The first-order chi connectivity index (χ1) is 25.1. The largest absolute Gasteiger partial charge is 0.493 e. The van der Waals surface area contributed by atoms with Crippen molar-refractivity contribution in [1.82, 2.24) is 10.3 Å². The Kier molecular flexibility index (Phi) is 21.1. The summed E-state index contributed by atoms with van der Waals surface area (Å²) in [6.45, 7) is 21.5. The Hall–Kier alpha value is -3.42. The maximum atomic E-state index is 13.9. The fourth-order valence-corrected chi connectivity index (χ4v) is 5.72. The molecule has 0 aliphatic carbocycles. The monoisotopic (exact) mass is 766 g/mol. The molecule has 13 nitrogen and oxygen atoms in total. The van der Waals surface area contributed by atoms with E-state index in [1.54, 1.807) is 60.8 Å². The summed E-state index contributed by atoms with van der Waals surface area (Å²) in [7, 11) is 1.62. The highest BCUT2D eigenvalue weighted by Crippen LogP contribution is 2.32. The summed E-state index contributed by atoms with van der Waals surface area (Å²) in [4.78, 5) is 53.0. The average Bonchev–Trinajstić information content (AvgIpc) is 3.05. The zero-order valence-corrected chi connectivity index (χ0v) is 35.1. The molecule has 1 aromatic carbocycles. The van der Waals surface area contributed by atoms with E-state index in [9.17, 15) is 24.3 Å². The SMILES string of the molecule is CCCCNC(=O)[C@@H](C[C@H](O)[C@H](C[C@H](CN(N)C(=O)c1ccc(OCC(=O)OC(C)(C)C)cc1OCCCCOC)C(C)C)C(=O)OC(C)(C)C)C(C)C. The molecular formula is C41H71N3O10. The maximum Gasteiger partial charge on any atom is 0.344 e. The summed E-state index contributed by atoms with van der Waals surface area (Å²) in [5.74, 6) is 3.26. The Balaban J connectivity index is 3.34. The Morgan fingerprint density at radius 1 is 0.852 bits per heavy atom. The molecule has 0 unspecified atom stereocenters. The molecule has 0 aromatic heterocycles. The van der Waals surface area contributed by atoms with Crippen LogP contribution in [0.4, 0.5) is 0 Å². The Bertz CT molecular complexity index is 1300. The third-order valence-corrected chi connectivity index (χ3v) is 8.79. The molecule has 2 amide bonds. The number of rotatable bonds is 24. The second kappa shape index (κ2) is 23.5. The van der Waals surface area contributed by atoms with Crippen molar-refractivity contribution in [3.8, 4) is 11.5 Å². The first kappa shape index (κ1) is 48.6. The van der Waals surface area contributed by atoms with Crippen LogP contribution < -0.4 is 20.6 Å². The lowest BCUT2D eigenvalue weighted by atomic mass is 9.79. The van der Waals surface area contributed by atoms with Crippen molar-refractivity contribution >= 4 is 23.8 Å². The molecule has 0 saturated heterocycles. The zero-order chi connectivity index (χ0) is 41.2. The normalized spacial score (nSPS) is 14.2. The number of ether oxygens (including phenoxy) is 5. The summed E-state index contributed by atoms with van der Waals surface area (Å²) in [5.41, 5.74) is -1.29. The lowest BCUT2D eigenvalue weighted by Gasteiger charge is -2.34. The van der Waals surface area contributed by atoms with E-state index in [-0.39, 0.29) is 61.0 Å². The Morgan fingerprint density at radius 3 is 2.04 bits per heavy atom. The van der Waals surface area contributed by atoms with Gasteiger partial charge in [0, 0.05) is 38.8 Å². The van der Waals surface area contributed by atoms with Gasteiger partial charge in [-0.3, -0.25) is 19.4 Å². The van der Waals surface area contributed by atoms with Crippen molar-refractivity contribution in [1.29, 1.82) is 0 Å². The Morgan fingerprint density at radius 2 is 1.48 bits per heavy atom. The summed E-state index contributed by atoms with van der Waals surface area (Å²) >= 11 is 0. The van der Waals surface area contributed by atoms with Gasteiger partial charge in [-0.1, -0.05) is 41.0 Å². The minimum Gasteiger partial charge on any atom is -0.493 e. The molecule has 4 atom stereocenters. The number of nitrogens with two attached hydrogens (primary N) is 1. The number of hydrogen-bond acceptors (Lipinski definition) is 11. The van der Waals surface area contributed by atoms with Crippen molar-refractivity contribution in [2.45, 2.75) is 132 Å². The van der Waals surface area contributed by atoms with Crippen LogP contribution >= 0.6 is 0 Å². The fourth-order valence-electron chi connectivity index (χ4n) is 5.72. The number of hydrogen-bond donors (Lipinski definition) is 3. The van der Waals surface area contributed by atoms with Gasteiger partial charge in [-0.25, -0.2) is 10.6 Å². The molecule has 1 aromatic rings. The molecule has 54 heavy (non-hydrogen) atoms. The van der Waals surface area contributed by atoms with Gasteiger partial charge in [-0.15, -0.1) is 0 Å². The van der Waals surface area contributed by atoms with E-state index in [0.29, 0.717) is 31.9 Å². The van der Waals surface area contributed by atoms with E-state index in [1.807, 2.05) is 34.6 Å². The van der Waals surface area contributed by atoms with Crippen molar-refractivity contribution in [3.05, 3.63) is 23.8 Å². The smallest absolute Gasteiger partial charge is 0.344 e. The van der Waals surface area contributed by atoms with Crippen molar-refractivity contribution in [2.75, 3.05) is 40.0 Å². The minimum absolute atomic E-state index is 0.0534. The number of amides is 2. The van der Waals surface area contributed by atoms with Crippen LogP contribution in [0.25, 0.3) is 0 Å². The van der Waals surface area contributed by atoms with Gasteiger partial charge in [0.1, 0.15) is 22.7 Å². The number of hydrazine groups is 1. The molecule has 0 spiro atoms. The molecule has 1 rings (SSSR count). The fraction of sp³-hybridized carbons (Fsp3) is 0.756. The number of unbranched alkanes of at least 4 members (excludes halogenated alkanes) is 2. The summed E-state index contributed by atoms with van der Waals surface area (Å²) < 4.78 is 27.9. The average molecular weight is 766 g/mol. The molecule has 0 aliphatic heterocycles. The highest BCUT2D eigenvalue weighted by Gasteiger charge is 2.38. The molecule has 0 fully saturated rings. The van der Waals surface area contributed by atoms with Crippen molar-refractivity contribution in [3.63, 3.8) is 0 Å². The first-order valence-electron chi connectivity index (χ1n) is 19.5. The molecule has 0 aliphatic rings. The lowest BCUT2D eigenvalue weighted by Crippen LogP contribution is -2.45. The number of methoxy groups -OCH3 is 1. The standard InChI is InChI=1S/C41H71N3O10/c1-13-14-19-43-37(47)32(28(4)5)24-34(45)33(39(49)54-41(9,10)11)22-29(27(2)3)25-44(42)38(48)31-18-17-30(52-26-36(46)53-40(6,7)8)23-35(31)51-21-16-15-20-50-12/h17-18,23,27-29,32-34,45H,13-16,19-22,24-26,42H2,1-12H3,(H,43,47)/t29-,32+,33+,34+/m1/s1. The van der Waals surface area contributed by atoms with E-state index in [2.05, 4.69) is 5.32 Å². The van der Waals surface area contributed by atoms with Crippen LogP contribution in [0.15, 0.2) is 18.2 Å². The molecular weight excluding hydrogens is 694 g/mol. The van der Waals surface area contributed by atoms with E-state index in [0.717, 1.165) is 24.3 Å². The maximum absolute atomic E-state index is 13.9. The van der Waals surface area contributed by atoms with Gasteiger partial charge >= 0.3 is 11.9 Å². The van der Waals surface area contributed by atoms with Gasteiger partial charge in [0.25, 0.3) is 5.91 Å². The second-order valence-corrected chi connectivity index (χ2v) is 16.7. The number of nitrogens with zero attached hydrogens (tertiary/aromatic N) is 1. The summed E-state index contributed by atoms with van der Waals surface area (Å²) in [6, 6.07) is 4.63. The second-order valence-electron chi connectivity index (χ2n) is 16.7. The molecule has 0 radical (unpaired) electrons. The summed E-state index contributed by atoms with van der Waals surface area (Å²) in [5, 5.41) is 15.7. The highest BCUT2D eigenvalue weighted by molar-refractivity contribution is 5.96. The number of esters is 2. The third-order valence-electron chi connectivity index (χ3n) is 8.79. The summed E-state index contributed by atoms with van der Waals surface area (Å²) in [6.07, 6.45) is 2.25. The molecule has 4 N–H and O–H groups in total. The van der Waals surface area contributed by atoms with Gasteiger partial charge in [0.15, 0.2) is 6.61 Å². The number of nitrogens with one attached hydrogen (secondary N) is 1. The van der Waals surface area contributed by atoms with E-state index < -0.39 is 47.0 Å². The van der Waals surface area contributed by atoms with E-state index in [4.69, 9.17) is 29.5 Å². The van der Waals surface area contributed by atoms with E-state index >= 15 is 0 Å². The van der Waals surface area contributed by atoms with Gasteiger partial charge in [0.05, 0.1) is 24.2 Å². The van der Waals surface area contributed by atoms with Gasteiger partial charge in [-0.2, -0.15) is 0 Å². The molecule has 310 valence electrons. The molecule has 0 bridgehead atoms. The number of carbonyl (C=O) groups excluding carboxylic acids is 4. The van der Waals surface area contributed by atoms with Gasteiger partial charge in [-0.05, 0) is 104 Å². The van der Waals surface area contributed by atoms with Crippen LogP contribution in [-0.4, -0.2) is 91.2 Å². The minimum atomic E-state index is -1.18. The third kappa shape index (κ3) is 18.8. The van der Waals surface area contributed by atoms with Crippen LogP contribution in [0.5, 0.6) is 11.5 Å². The number of carbonyl (C=O) groups is 4. The quantitative estimate of drug-likeness (QED) is 0.0365. The van der Waals surface area contributed by atoms with Crippen molar-refractivity contribution in [2.24, 2.45) is 35.4 Å². The lowest BCUT2D eigenvalue weighted by molar-refractivity contribution is -0.166. The van der Waals surface area contributed by atoms with Crippen LogP contribution in [0.2, 0.25) is 0 Å². The van der Waals surface area contributed by atoms with E-state index in [1.165, 1.54) is 6.07 Å². The number of aliphatic hydroxyl groups excluding tert-OH is 1. The predicted octanol–water partition coefficient (Wildman–Crippen LogP) is 6.09. The van der Waals surface area contributed by atoms with Crippen LogP contribution in [0.1, 0.15) is 125 Å². The van der Waals surface area contributed by atoms with Gasteiger partial charge < -0.3 is 34.1 Å². The van der Waals surface area contributed by atoms with Crippen LogP contribution in [0.3, 0.4) is 0 Å². The Labute approximate surface area is 324 Å². The zero-order valence-electron chi connectivity index (χ0n) is 35.1. The van der Waals surface area contributed by atoms with Crippen LogP contribution in [0, 0.1) is 29.6 Å². The number of aliphatic hydroxyl groups is 1. The van der Waals surface area contributed by atoms with Crippen molar-refractivity contribution < 1.29 is 48.0 Å². The van der Waals surface area contributed by atoms with Gasteiger partial charge in [0.2, 0.25) is 5.91 Å². The predicted molar refractivity (Wildman–Crippen MR) is 209 cm³/mol. The van der Waals surface area contributed by atoms with Crippen LogP contribution in [-0.2, 0) is 28.6 Å². The number of benzene rings is 1.